The Balaban J connectivity index is 1.73. The van der Waals surface area contributed by atoms with Crippen LogP contribution >= 0.6 is 0 Å². The maximum atomic E-state index is 14.7. The lowest BCUT2D eigenvalue weighted by Gasteiger charge is -2.37. The van der Waals surface area contributed by atoms with Crippen molar-refractivity contribution < 1.29 is 14.2 Å². The lowest BCUT2D eigenvalue weighted by Crippen LogP contribution is -2.34. The Morgan fingerprint density at radius 3 is 2.88 bits per heavy atom. The van der Waals surface area contributed by atoms with Gasteiger partial charge in [-0.1, -0.05) is 42.5 Å². The van der Waals surface area contributed by atoms with Crippen LogP contribution in [0.25, 0.3) is 10.8 Å². The number of benzene rings is 2. The smallest absolute Gasteiger partial charge is 0.133 e. The Hall–Kier alpha value is -2.39. The van der Waals surface area contributed by atoms with Crippen LogP contribution in [-0.2, 0) is 5.60 Å². The zero-order valence-corrected chi connectivity index (χ0v) is 13.3. The topological polar surface area (TPSA) is 29.5 Å². The molecule has 0 amide bonds. The van der Waals surface area contributed by atoms with Gasteiger partial charge in [0.25, 0.3) is 0 Å². The molecule has 0 aromatic heterocycles. The van der Waals surface area contributed by atoms with Crippen molar-refractivity contribution in [3.8, 4) is 5.75 Å². The minimum atomic E-state index is -1.28. The number of rotatable bonds is 1. The Morgan fingerprint density at radius 1 is 1.21 bits per heavy atom. The quantitative estimate of drug-likeness (QED) is 0.821. The zero-order valence-electron chi connectivity index (χ0n) is 13.3. The normalized spacial score (nSPS) is 33.2. The van der Waals surface area contributed by atoms with Crippen LogP contribution in [0.5, 0.6) is 5.75 Å². The molecule has 0 bridgehead atoms. The van der Waals surface area contributed by atoms with Crippen LogP contribution in [-0.4, -0.2) is 5.11 Å². The summed E-state index contributed by atoms with van der Waals surface area (Å²) >= 11 is 0. The Kier molecular flexibility index (Phi) is 2.55. The van der Waals surface area contributed by atoms with E-state index in [4.69, 9.17) is 4.74 Å². The van der Waals surface area contributed by atoms with Crippen LogP contribution in [0.2, 0.25) is 0 Å². The van der Waals surface area contributed by atoms with Gasteiger partial charge in [0.05, 0.1) is 11.7 Å². The first-order chi connectivity index (χ1) is 11.5. The molecule has 1 aliphatic heterocycles. The van der Waals surface area contributed by atoms with Crippen LogP contribution in [0, 0.1) is 11.3 Å². The molecule has 120 valence electrons. The van der Waals surface area contributed by atoms with Crippen molar-refractivity contribution in [1.82, 2.24) is 0 Å². The number of hydrogen-bond donors (Lipinski definition) is 1. The SMILES string of the molecule is CC1(O)C(C23CC2C=CC=C3F)=COc2ccc3ccccc3c21. The molecule has 1 N–H and O–H groups in total. The number of ether oxygens (including phenoxy) is 1. The van der Waals surface area contributed by atoms with E-state index in [1.807, 2.05) is 42.5 Å². The molecule has 2 aromatic rings. The molecule has 3 unspecified atom stereocenters. The molecular weight excluding hydrogens is 303 g/mol. The van der Waals surface area contributed by atoms with Crippen molar-refractivity contribution in [3.63, 3.8) is 0 Å². The maximum Gasteiger partial charge on any atom is 0.133 e. The third-order valence-electron chi connectivity index (χ3n) is 5.71. The van der Waals surface area contributed by atoms with Gasteiger partial charge < -0.3 is 9.84 Å². The fourth-order valence-electron chi connectivity index (χ4n) is 4.42. The van der Waals surface area contributed by atoms with Crippen LogP contribution in [0.3, 0.4) is 0 Å². The second kappa shape index (κ2) is 4.37. The summed E-state index contributed by atoms with van der Waals surface area (Å²) in [6, 6.07) is 11.7. The van der Waals surface area contributed by atoms with Crippen molar-refractivity contribution in [2.75, 3.05) is 0 Å². The lowest BCUT2D eigenvalue weighted by molar-refractivity contribution is 0.0714. The van der Waals surface area contributed by atoms with E-state index in [2.05, 4.69) is 0 Å². The molecule has 1 fully saturated rings. The van der Waals surface area contributed by atoms with Crippen molar-refractivity contribution in [1.29, 1.82) is 0 Å². The Morgan fingerprint density at radius 2 is 2.04 bits per heavy atom. The minimum absolute atomic E-state index is 0.0975. The molecule has 2 aromatic carbocycles. The van der Waals surface area contributed by atoms with E-state index in [1.54, 1.807) is 19.3 Å². The summed E-state index contributed by atoms with van der Waals surface area (Å²) in [4.78, 5) is 0. The average Bonchev–Trinajstić information content (AvgIpc) is 3.31. The van der Waals surface area contributed by atoms with Gasteiger partial charge in [0, 0.05) is 11.1 Å². The van der Waals surface area contributed by atoms with Gasteiger partial charge in [-0.3, -0.25) is 0 Å². The second-order valence-corrected chi connectivity index (χ2v) is 7.06. The third kappa shape index (κ3) is 1.58. The summed E-state index contributed by atoms with van der Waals surface area (Å²) in [5.74, 6) is 0.543. The van der Waals surface area contributed by atoms with Crippen molar-refractivity contribution >= 4 is 10.8 Å². The zero-order chi connectivity index (χ0) is 16.5. The monoisotopic (exact) mass is 320 g/mol. The van der Waals surface area contributed by atoms with Gasteiger partial charge in [0.15, 0.2) is 0 Å². The molecule has 1 saturated carbocycles. The van der Waals surface area contributed by atoms with Crippen molar-refractivity contribution in [3.05, 3.63) is 77.9 Å². The molecule has 0 radical (unpaired) electrons. The summed E-state index contributed by atoms with van der Waals surface area (Å²) < 4.78 is 20.5. The molecule has 3 atom stereocenters. The Labute approximate surface area is 139 Å². The van der Waals surface area contributed by atoms with Gasteiger partial charge in [-0.25, -0.2) is 4.39 Å². The van der Waals surface area contributed by atoms with E-state index in [1.165, 1.54) is 6.08 Å². The molecule has 1 heterocycles. The van der Waals surface area contributed by atoms with Crippen LogP contribution in [0.1, 0.15) is 18.9 Å². The summed E-state index contributed by atoms with van der Waals surface area (Å²) in [6.07, 6.45) is 7.51. The molecule has 0 saturated heterocycles. The second-order valence-electron chi connectivity index (χ2n) is 7.06. The molecule has 5 rings (SSSR count). The number of aliphatic hydroxyl groups is 1. The molecule has 2 nitrogen and oxygen atoms in total. The molecule has 2 aliphatic carbocycles. The fourth-order valence-corrected chi connectivity index (χ4v) is 4.42. The maximum absolute atomic E-state index is 14.7. The predicted molar refractivity (Wildman–Crippen MR) is 91.1 cm³/mol. The van der Waals surface area contributed by atoms with Crippen LogP contribution in [0.15, 0.2) is 72.3 Å². The largest absolute Gasteiger partial charge is 0.464 e. The molecular formula is C21H17FO2. The number of halogens is 1. The first kappa shape index (κ1) is 14.0. The van der Waals surface area contributed by atoms with Crippen molar-refractivity contribution in [2.24, 2.45) is 11.3 Å². The van der Waals surface area contributed by atoms with Gasteiger partial charge in [-0.2, -0.15) is 0 Å². The highest BCUT2D eigenvalue weighted by atomic mass is 19.1. The Bertz CT molecular complexity index is 967. The minimum Gasteiger partial charge on any atom is -0.464 e. The molecule has 24 heavy (non-hydrogen) atoms. The summed E-state index contributed by atoms with van der Waals surface area (Å²) in [5, 5.41) is 13.5. The van der Waals surface area contributed by atoms with Crippen molar-refractivity contribution in [2.45, 2.75) is 18.9 Å². The number of hydrogen-bond acceptors (Lipinski definition) is 2. The van der Waals surface area contributed by atoms with Crippen LogP contribution in [0.4, 0.5) is 4.39 Å². The van der Waals surface area contributed by atoms with Gasteiger partial charge in [-0.05, 0) is 42.2 Å². The van der Waals surface area contributed by atoms with Gasteiger partial charge in [-0.15, -0.1) is 0 Å². The van der Waals surface area contributed by atoms with E-state index < -0.39 is 11.0 Å². The molecule has 0 spiro atoms. The van der Waals surface area contributed by atoms with Gasteiger partial charge in [0.2, 0.25) is 0 Å². The summed E-state index contributed by atoms with van der Waals surface area (Å²) in [5.41, 5.74) is -0.686. The highest BCUT2D eigenvalue weighted by Gasteiger charge is 2.64. The average molecular weight is 320 g/mol. The predicted octanol–water partition coefficient (Wildman–Crippen LogP) is 4.75. The molecule has 3 heteroatoms. The first-order valence-electron chi connectivity index (χ1n) is 8.22. The van der Waals surface area contributed by atoms with Gasteiger partial charge in [0.1, 0.15) is 17.2 Å². The number of allylic oxidation sites excluding steroid dienone is 4. The molecule has 3 aliphatic rings. The summed E-state index contributed by atoms with van der Waals surface area (Å²) in [7, 11) is 0. The van der Waals surface area contributed by atoms with E-state index in [9.17, 15) is 9.50 Å². The standard InChI is InChI=1S/C21H17FO2/c1-20(23)17(21-11-14(21)6-4-8-18(21)22)12-24-16-10-9-13-5-2-3-7-15(13)19(16)20/h2-10,12,14,23H,11H2,1H3. The first-order valence-corrected chi connectivity index (χ1v) is 8.22. The van der Waals surface area contributed by atoms with E-state index in [-0.39, 0.29) is 11.7 Å². The van der Waals surface area contributed by atoms with E-state index in [0.29, 0.717) is 17.7 Å². The lowest BCUT2D eigenvalue weighted by atomic mass is 9.74. The van der Waals surface area contributed by atoms with Gasteiger partial charge >= 0.3 is 0 Å². The highest BCUT2D eigenvalue weighted by Crippen LogP contribution is 2.69. The fraction of sp³-hybridized carbons (Fsp3) is 0.238. The van der Waals surface area contributed by atoms with Crippen LogP contribution < -0.4 is 4.74 Å². The third-order valence-corrected chi connectivity index (χ3v) is 5.71. The van der Waals surface area contributed by atoms with E-state index >= 15 is 0 Å². The summed E-state index contributed by atoms with van der Waals surface area (Å²) in [6.45, 7) is 1.75. The van der Waals surface area contributed by atoms with E-state index in [0.717, 1.165) is 16.3 Å². The number of fused-ring (bicyclic) bond motifs is 4. The highest BCUT2D eigenvalue weighted by molar-refractivity contribution is 5.89.